The van der Waals surface area contributed by atoms with Crippen molar-refractivity contribution in [1.29, 1.82) is 0 Å². The Morgan fingerprint density at radius 2 is 2.00 bits per heavy atom. The molecule has 0 atom stereocenters. The number of nitrogens with two attached hydrogens (primary N) is 1. The molecule has 4 heteroatoms. The van der Waals surface area contributed by atoms with E-state index in [1.165, 1.54) is 0 Å². The molecule has 0 aromatic carbocycles. The molecule has 42 valence electrons. The quantitative estimate of drug-likeness (QED) is 0.415. The van der Waals surface area contributed by atoms with Crippen molar-refractivity contribution in [2.24, 2.45) is 5.73 Å². The van der Waals surface area contributed by atoms with Crippen molar-refractivity contribution in [3.63, 3.8) is 0 Å². The summed E-state index contributed by atoms with van der Waals surface area (Å²) in [6.45, 7) is 3.59. The van der Waals surface area contributed by atoms with Gasteiger partial charge in [-0.15, -0.1) is 0 Å². The average Bonchev–Trinajstić information content (AvgIpc) is 1.27. The van der Waals surface area contributed by atoms with Crippen LogP contribution in [0.25, 0.3) is 5.32 Å². The summed E-state index contributed by atoms with van der Waals surface area (Å²) >= 11 is 0. The Morgan fingerprint density at radius 1 is 1.62 bits per heavy atom. The van der Waals surface area contributed by atoms with Crippen molar-refractivity contribution in [3.05, 3.63) is 5.32 Å². The number of carbonyl (C=O) groups is 1. The van der Waals surface area contributed by atoms with Crippen LogP contribution in [-0.2, 0) is 0 Å². The molecule has 2 amide bonds. The minimum absolute atomic E-state index is 0. The molecule has 0 saturated carbocycles. The normalized spacial score (nSPS) is 7.88. The molecule has 0 spiro atoms. The van der Waals surface area contributed by atoms with Crippen molar-refractivity contribution in [1.82, 2.24) is 0 Å². The molecule has 0 saturated heterocycles. The molecule has 0 aromatic heterocycles. The maximum atomic E-state index is 9.87. The molecule has 0 fully saturated rings. The van der Waals surface area contributed by atoms with Gasteiger partial charge in [0.2, 0.25) is 0 Å². The van der Waals surface area contributed by atoms with Gasteiger partial charge in [0.1, 0.15) is 0 Å². The summed E-state index contributed by atoms with van der Waals surface area (Å²) in [5.41, 5.74) is 4.69. The van der Waals surface area contributed by atoms with E-state index in [1.54, 1.807) is 13.8 Å². The van der Waals surface area contributed by atoms with Gasteiger partial charge in [-0.3, -0.25) is 4.79 Å². The summed E-state index contributed by atoms with van der Waals surface area (Å²) in [6, 6.07) is -0.562. The second-order valence-electron chi connectivity index (χ2n) is 1.56. The van der Waals surface area contributed by atoms with E-state index in [4.69, 9.17) is 0 Å². The topological polar surface area (TPSA) is 57.2 Å². The smallest absolute Gasteiger partial charge is 0.463 e. The molecule has 0 aliphatic heterocycles. The van der Waals surface area contributed by atoms with E-state index in [2.05, 4.69) is 11.1 Å². The number of carbonyl (C=O) groups excluding carboxylic acids is 1. The van der Waals surface area contributed by atoms with E-state index >= 15 is 0 Å². The molecular weight excluding hydrogens is 131 g/mol. The molecule has 0 aliphatic carbocycles. The first-order valence-electron chi connectivity index (χ1n) is 2.13. The summed E-state index contributed by atoms with van der Waals surface area (Å²) in [4.78, 5) is 9.87. The maximum Gasteiger partial charge on any atom is 1.00 e. The standard InChI is InChI=1S/C4H10N2O.K/c1-3(2)6-4(5)7;/h3H,1-2H3,(H3,5,6,7);/q;+1/p-1. The molecule has 8 heavy (non-hydrogen) atoms. The monoisotopic (exact) mass is 140 g/mol. The van der Waals surface area contributed by atoms with Crippen molar-refractivity contribution in [2.75, 3.05) is 0 Å². The molecule has 0 rings (SSSR count). The molecule has 0 unspecified atom stereocenters. The largest absolute Gasteiger partial charge is 1.00 e. The first kappa shape index (κ1) is 11.7. The van der Waals surface area contributed by atoms with Crippen LogP contribution in [0.5, 0.6) is 0 Å². The van der Waals surface area contributed by atoms with Gasteiger partial charge in [0, 0.05) is 0 Å². The van der Waals surface area contributed by atoms with Gasteiger partial charge in [0.25, 0.3) is 0 Å². The zero-order chi connectivity index (χ0) is 5.86. The Kier molecular flexibility index (Phi) is 8.80. The molecule has 3 nitrogen and oxygen atoms in total. The minimum atomic E-state index is -0.588. The van der Waals surface area contributed by atoms with Crippen molar-refractivity contribution >= 4 is 6.03 Å². The third kappa shape index (κ3) is 10.0. The van der Waals surface area contributed by atoms with Crippen LogP contribution < -0.4 is 57.1 Å². The van der Waals surface area contributed by atoms with Crippen molar-refractivity contribution < 1.29 is 56.2 Å². The Hall–Kier alpha value is 0.906. The number of hydrogen-bond donors (Lipinski definition) is 1. The van der Waals surface area contributed by atoms with Gasteiger partial charge in [-0.05, 0) is 6.04 Å². The van der Waals surface area contributed by atoms with Crippen LogP contribution in [0.4, 0.5) is 4.79 Å². The summed E-state index contributed by atoms with van der Waals surface area (Å²) in [6.07, 6.45) is 0. The second-order valence-corrected chi connectivity index (χ2v) is 1.56. The van der Waals surface area contributed by atoms with E-state index in [0.717, 1.165) is 0 Å². The van der Waals surface area contributed by atoms with Crippen LogP contribution in [0, 0.1) is 0 Å². The Bertz CT molecular complexity index is 74.4. The van der Waals surface area contributed by atoms with Gasteiger partial charge in [-0.2, -0.15) is 0 Å². The van der Waals surface area contributed by atoms with E-state index in [9.17, 15) is 4.79 Å². The SMILES string of the molecule is CC(C)[N-]C(N)=O.[K+]. The van der Waals surface area contributed by atoms with E-state index in [-0.39, 0.29) is 57.4 Å². The molecule has 0 radical (unpaired) electrons. The Balaban J connectivity index is 0. The number of rotatable bonds is 1. The van der Waals surface area contributed by atoms with Crippen LogP contribution in [0.1, 0.15) is 13.8 Å². The third-order valence-electron chi connectivity index (χ3n) is 0.385. The van der Waals surface area contributed by atoms with Crippen LogP contribution in [0.15, 0.2) is 0 Å². The fourth-order valence-corrected chi connectivity index (χ4v) is 0.254. The molecule has 0 aromatic rings. The summed E-state index contributed by atoms with van der Waals surface area (Å²) in [5.74, 6) is 0. The number of urea groups is 1. The third-order valence-corrected chi connectivity index (χ3v) is 0.385. The number of nitrogens with zero attached hydrogens (tertiary/aromatic N) is 1. The number of primary amides is 1. The fourth-order valence-electron chi connectivity index (χ4n) is 0.254. The zero-order valence-electron chi connectivity index (χ0n) is 5.51. The number of amides is 2. The Labute approximate surface area is 91.8 Å². The van der Waals surface area contributed by atoms with E-state index in [0.29, 0.717) is 0 Å². The van der Waals surface area contributed by atoms with Gasteiger partial charge in [0.05, 0.1) is 0 Å². The van der Waals surface area contributed by atoms with Gasteiger partial charge >= 0.3 is 51.4 Å². The fraction of sp³-hybridized carbons (Fsp3) is 0.750. The molecule has 2 N–H and O–H groups in total. The molecule has 0 heterocycles. The van der Waals surface area contributed by atoms with E-state index in [1.807, 2.05) is 0 Å². The van der Waals surface area contributed by atoms with Crippen LogP contribution in [-0.4, -0.2) is 12.1 Å². The van der Waals surface area contributed by atoms with Gasteiger partial charge in [-0.1, -0.05) is 13.8 Å². The first-order valence-corrected chi connectivity index (χ1v) is 2.13. The second kappa shape index (κ2) is 6.03. The average molecular weight is 140 g/mol. The van der Waals surface area contributed by atoms with Crippen LogP contribution in [0.2, 0.25) is 0 Å². The van der Waals surface area contributed by atoms with E-state index < -0.39 is 6.03 Å². The first-order chi connectivity index (χ1) is 3.13. The summed E-state index contributed by atoms with van der Waals surface area (Å²) < 4.78 is 0. The van der Waals surface area contributed by atoms with Crippen molar-refractivity contribution in [3.8, 4) is 0 Å². The van der Waals surface area contributed by atoms with Crippen LogP contribution >= 0.6 is 0 Å². The summed E-state index contributed by atoms with van der Waals surface area (Å²) in [5, 5.41) is 3.42. The van der Waals surface area contributed by atoms with Crippen LogP contribution in [0.3, 0.4) is 0 Å². The predicted molar refractivity (Wildman–Crippen MR) is 28.1 cm³/mol. The molecular formula is C4H9KN2O. The predicted octanol–water partition coefficient (Wildman–Crippen LogP) is -2.15. The van der Waals surface area contributed by atoms with Crippen molar-refractivity contribution in [2.45, 2.75) is 19.9 Å². The molecule has 0 aliphatic rings. The summed E-state index contributed by atoms with van der Waals surface area (Å²) in [7, 11) is 0. The maximum absolute atomic E-state index is 9.87. The van der Waals surface area contributed by atoms with Gasteiger partial charge in [0.15, 0.2) is 6.03 Å². The minimum Gasteiger partial charge on any atom is -0.463 e. The Morgan fingerprint density at radius 3 is 2.00 bits per heavy atom. The van der Waals surface area contributed by atoms with Gasteiger partial charge in [-0.25, -0.2) is 0 Å². The number of hydrogen-bond acceptors (Lipinski definition) is 1. The van der Waals surface area contributed by atoms with Gasteiger partial charge < -0.3 is 11.1 Å². The molecule has 0 bridgehead atoms. The zero-order valence-corrected chi connectivity index (χ0v) is 8.63.